The van der Waals surface area contributed by atoms with Crippen molar-refractivity contribution in [2.45, 2.75) is 38.3 Å². The molecule has 1 aromatic carbocycles. The molecule has 2 aromatic heterocycles. The Morgan fingerprint density at radius 2 is 1.84 bits per heavy atom. The lowest BCUT2D eigenvalue weighted by Crippen LogP contribution is -2.39. The molecule has 162 valence electrons. The van der Waals surface area contributed by atoms with E-state index in [0.717, 1.165) is 43.0 Å². The first-order valence-corrected chi connectivity index (χ1v) is 11.1. The van der Waals surface area contributed by atoms with Gasteiger partial charge in [-0.3, -0.25) is 4.57 Å². The van der Waals surface area contributed by atoms with Crippen molar-refractivity contribution >= 4 is 0 Å². The van der Waals surface area contributed by atoms with Gasteiger partial charge in [-0.05, 0) is 37.2 Å². The maximum absolute atomic E-state index is 12.4. The van der Waals surface area contributed by atoms with E-state index in [4.69, 9.17) is 4.74 Å². The molecule has 0 atom stereocenters. The van der Waals surface area contributed by atoms with Crippen LogP contribution in [0.25, 0.3) is 11.3 Å². The van der Waals surface area contributed by atoms with Crippen LogP contribution in [0.5, 0.6) is 11.8 Å². The highest BCUT2D eigenvalue weighted by molar-refractivity contribution is 5.64. The number of imidazole rings is 1. The van der Waals surface area contributed by atoms with E-state index in [1.807, 2.05) is 42.5 Å². The minimum Gasteiger partial charge on any atom is -0.493 e. The summed E-state index contributed by atoms with van der Waals surface area (Å²) in [4.78, 5) is 22.1. The third-order valence-electron chi connectivity index (χ3n) is 6.19. The summed E-state index contributed by atoms with van der Waals surface area (Å²) in [5.41, 5.74) is 1.66. The Bertz CT molecular complexity index is 1060. The molecule has 5 rings (SSSR count). The third kappa shape index (κ3) is 4.66. The van der Waals surface area contributed by atoms with Gasteiger partial charge in [0.2, 0.25) is 11.8 Å². The fourth-order valence-electron chi connectivity index (χ4n) is 4.22. The van der Waals surface area contributed by atoms with Gasteiger partial charge in [0.1, 0.15) is 11.8 Å². The Labute approximate surface area is 181 Å². The summed E-state index contributed by atoms with van der Waals surface area (Å²) in [6, 6.07) is 13.1. The number of aromatic amines is 1. The van der Waals surface area contributed by atoms with Crippen LogP contribution >= 0.6 is 0 Å². The summed E-state index contributed by atoms with van der Waals surface area (Å²) >= 11 is 0. The standard InChI is InChI=1S/C24H28N4O3/c29-23-22(19-4-2-1-3-5-19)26-24(30)28(23)16-18-8-9-21(25-14-18)31-20-10-12-27(13-11-20)15-17-6-7-17/h1-5,8-9,14,17,20,29H,6-7,10-13,15-16H2,(H,26,30). The van der Waals surface area contributed by atoms with Crippen molar-refractivity contribution in [3.63, 3.8) is 0 Å². The second-order valence-electron chi connectivity index (χ2n) is 8.65. The molecule has 0 unspecified atom stereocenters. The molecule has 3 aromatic rings. The third-order valence-corrected chi connectivity index (χ3v) is 6.19. The Kier molecular flexibility index (Phi) is 5.51. The summed E-state index contributed by atoms with van der Waals surface area (Å²) in [6.45, 7) is 3.68. The molecule has 0 bridgehead atoms. The molecule has 0 amide bonds. The van der Waals surface area contributed by atoms with Gasteiger partial charge in [-0.1, -0.05) is 36.4 Å². The number of H-pyrrole nitrogens is 1. The van der Waals surface area contributed by atoms with Gasteiger partial charge >= 0.3 is 5.69 Å². The Hall–Kier alpha value is -3.06. The van der Waals surface area contributed by atoms with Gasteiger partial charge in [0.15, 0.2) is 0 Å². The molecule has 7 nitrogen and oxygen atoms in total. The molecule has 1 aliphatic heterocycles. The molecule has 1 saturated carbocycles. The van der Waals surface area contributed by atoms with Crippen molar-refractivity contribution in [1.82, 2.24) is 19.4 Å². The first-order valence-electron chi connectivity index (χ1n) is 11.1. The molecular weight excluding hydrogens is 392 g/mol. The predicted octanol–water partition coefficient (Wildman–Crippen LogP) is 3.25. The molecule has 0 spiro atoms. The van der Waals surface area contributed by atoms with E-state index in [9.17, 15) is 9.90 Å². The zero-order valence-electron chi connectivity index (χ0n) is 17.5. The van der Waals surface area contributed by atoms with Crippen molar-refractivity contribution in [2.24, 2.45) is 5.92 Å². The topological polar surface area (TPSA) is 83.4 Å². The number of likely N-dealkylation sites (tertiary alicyclic amines) is 1. The van der Waals surface area contributed by atoms with Gasteiger partial charge in [-0.25, -0.2) is 9.78 Å². The number of rotatable bonds is 7. The molecule has 1 saturated heterocycles. The Morgan fingerprint density at radius 1 is 1.06 bits per heavy atom. The number of pyridine rings is 1. The summed E-state index contributed by atoms with van der Waals surface area (Å²) in [5, 5.41) is 10.6. The van der Waals surface area contributed by atoms with Crippen LogP contribution in [-0.4, -0.2) is 50.3 Å². The average molecular weight is 421 g/mol. The molecule has 31 heavy (non-hydrogen) atoms. The van der Waals surface area contributed by atoms with Crippen LogP contribution in [0.1, 0.15) is 31.2 Å². The minimum absolute atomic E-state index is 0.0746. The van der Waals surface area contributed by atoms with Crippen molar-refractivity contribution in [2.75, 3.05) is 19.6 Å². The monoisotopic (exact) mass is 420 g/mol. The predicted molar refractivity (Wildman–Crippen MR) is 118 cm³/mol. The minimum atomic E-state index is -0.352. The molecule has 1 aliphatic carbocycles. The highest BCUT2D eigenvalue weighted by Gasteiger charge is 2.27. The van der Waals surface area contributed by atoms with E-state index in [2.05, 4.69) is 14.9 Å². The number of benzene rings is 1. The lowest BCUT2D eigenvalue weighted by molar-refractivity contribution is 0.0944. The number of nitrogens with zero attached hydrogens (tertiary/aromatic N) is 3. The lowest BCUT2D eigenvalue weighted by Gasteiger charge is -2.31. The number of ether oxygens (including phenoxy) is 1. The van der Waals surface area contributed by atoms with Gasteiger partial charge in [0.25, 0.3) is 0 Å². The van der Waals surface area contributed by atoms with Gasteiger partial charge < -0.3 is 19.7 Å². The van der Waals surface area contributed by atoms with E-state index < -0.39 is 0 Å². The SMILES string of the molecule is O=c1[nH]c(-c2ccccc2)c(O)n1Cc1ccc(OC2CCN(CC3CC3)CC2)nc1. The van der Waals surface area contributed by atoms with Gasteiger partial charge in [-0.15, -0.1) is 0 Å². The fraction of sp³-hybridized carbons (Fsp3) is 0.417. The van der Waals surface area contributed by atoms with Crippen molar-refractivity contribution in [3.05, 3.63) is 64.7 Å². The first-order chi connectivity index (χ1) is 15.2. The lowest BCUT2D eigenvalue weighted by atomic mass is 10.1. The molecular formula is C24H28N4O3. The number of hydrogen-bond donors (Lipinski definition) is 2. The van der Waals surface area contributed by atoms with Gasteiger partial charge in [0.05, 0.1) is 6.54 Å². The van der Waals surface area contributed by atoms with E-state index in [0.29, 0.717) is 11.6 Å². The highest BCUT2D eigenvalue weighted by atomic mass is 16.5. The van der Waals surface area contributed by atoms with Crippen LogP contribution in [0.15, 0.2) is 53.5 Å². The van der Waals surface area contributed by atoms with Crippen LogP contribution in [0.4, 0.5) is 0 Å². The summed E-state index contributed by atoms with van der Waals surface area (Å²) in [7, 11) is 0. The number of piperidine rings is 1. The Balaban J connectivity index is 1.20. The second-order valence-corrected chi connectivity index (χ2v) is 8.65. The molecule has 7 heteroatoms. The first kappa shape index (κ1) is 19.9. The summed E-state index contributed by atoms with van der Waals surface area (Å²) in [5.74, 6) is 1.47. The van der Waals surface area contributed by atoms with Crippen molar-refractivity contribution in [1.29, 1.82) is 0 Å². The molecule has 2 aliphatic rings. The fourth-order valence-corrected chi connectivity index (χ4v) is 4.22. The van der Waals surface area contributed by atoms with Crippen LogP contribution in [-0.2, 0) is 6.54 Å². The largest absolute Gasteiger partial charge is 0.493 e. The maximum Gasteiger partial charge on any atom is 0.329 e. The van der Waals surface area contributed by atoms with Crippen LogP contribution < -0.4 is 10.4 Å². The van der Waals surface area contributed by atoms with E-state index in [-0.39, 0.29) is 24.2 Å². The average Bonchev–Trinajstić information content (AvgIpc) is 3.57. The Morgan fingerprint density at radius 3 is 2.52 bits per heavy atom. The van der Waals surface area contributed by atoms with E-state index in [1.165, 1.54) is 24.0 Å². The summed E-state index contributed by atoms with van der Waals surface area (Å²) < 4.78 is 7.39. The molecule has 2 N–H and O–H groups in total. The normalized spacial score (nSPS) is 17.7. The molecule has 2 fully saturated rings. The van der Waals surface area contributed by atoms with Gasteiger partial charge in [0, 0.05) is 37.5 Å². The van der Waals surface area contributed by atoms with Crippen LogP contribution in [0.3, 0.4) is 0 Å². The zero-order chi connectivity index (χ0) is 21.2. The highest BCUT2D eigenvalue weighted by Crippen LogP contribution is 2.31. The number of aromatic nitrogens is 3. The number of nitrogens with one attached hydrogen (secondary N) is 1. The molecule has 3 heterocycles. The number of aromatic hydroxyl groups is 1. The van der Waals surface area contributed by atoms with E-state index in [1.54, 1.807) is 6.20 Å². The van der Waals surface area contributed by atoms with Crippen LogP contribution in [0, 0.1) is 5.92 Å². The maximum atomic E-state index is 12.4. The smallest absolute Gasteiger partial charge is 0.329 e. The molecule has 0 radical (unpaired) electrons. The van der Waals surface area contributed by atoms with E-state index >= 15 is 0 Å². The van der Waals surface area contributed by atoms with Crippen LogP contribution in [0.2, 0.25) is 0 Å². The van der Waals surface area contributed by atoms with Gasteiger partial charge in [-0.2, -0.15) is 0 Å². The quantitative estimate of drug-likeness (QED) is 0.613. The second kappa shape index (κ2) is 8.59. The van der Waals surface area contributed by atoms with Crippen molar-refractivity contribution < 1.29 is 9.84 Å². The zero-order valence-corrected chi connectivity index (χ0v) is 17.5. The summed E-state index contributed by atoms with van der Waals surface area (Å²) in [6.07, 6.45) is 6.77. The van der Waals surface area contributed by atoms with Crippen molar-refractivity contribution in [3.8, 4) is 23.0 Å². The number of hydrogen-bond acceptors (Lipinski definition) is 5.